The molecular formula is C13H14FNO3S2. The van der Waals surface area contributed by atoms with Gasteiger partial charge in [0.15, 0.2) is 11.6 Å². The quantitative estimate of drug-likeness (QED) is 0.922. The maximum Gasteiger partial charge on any atom is 0.247 e. The fourth-order valence-electron chi connectivity index (χ4n) is 1.61. The number of primary sulfonamides is 1. The molecule has 0 saturated carbocycles. The van der Waals surface area contributed by atoms with Gasteiger partial charge in [-0.15, -0.1) is 11.3 Å². The van der Waals surface area contributed by atoms with Gasteiger partial charge >= 0.3 is 0 Å². The Morgan fingerprint density at radius 3 is 2.60 bits per heavy atom. The minimum atomic E-state index is -3.72. The lowest BCUT2D eigenvalue weighted by molar-refractivity contribution is 0.301. The smallest absolute Gasteiger partial charge is 0.247 e. The van der Waals surface area contributed by atoms with E-state index >= 15 is 0 Å². The van der Waals surface area contributed by atoms with Crippen LogP contribution in [0.5, 0.6) is 5.75 Å². The number of halogens is 1. The van der Waals surface area contributed by atoms with Crippen LogP contribution < -0.4 is 9.88 Å². The predicted molar refractivity (Wildman–Crippen MR) is 76.9 cm³/mol. The van der Waals surface area contributed by atoms with Gasteiger partial charge in [-0.1, -0.05) is 6.92 Å². The van der Waals surface area contributed by atoms with Gasteiger partial charge in [-0.25, -0.2) is 17.9 Å². The van der Waals surface area contributed by atoms with Gasteiger partial charge in [-0.2, -0.15) is 0 Å². The number of ether oxygens (including phenoxy) is 1. The summed E-state index contributed by atoms with van der Waals surface area (Å²) in [7, 11) is -3.72. The first-order valence-corrected chi connectivity index (χ1v) is 8.33. The molecule has 0 unspecified atom stereocenters. The van der Waals surface area contributed by atoms with Crippen LogP contribution in [0, 0.1) is 5.82 Å². The van der Waals surface area contributed by atoms with Crippen LogP contribution in [-0.2, 0) is 10.0 Å². The minimum absolute atomic E-state index is 0.0548. The number of thiophene rings is 1. The predicted octanol–water partition coefficient (Wildman–Crippen LogP) is 2.99. The first-order chi connectivity index (χ1) is 9.41. The average molecular weight is 315 g/mol. The third kappa shape index (κ3) is 3.36. The van der Waals surface area contributed by atoms with Crippen LogP contribution in [0.25, 0.3) is 10.4 Å². The van der Waals surface area contributed by atoms with Gasteiger partial charge in [0.05, 0.1) is 6.61 Å². The molecule has 2 rings (SSSR count). The summed E-state index contributed by atoms with van der Waals surface area (Å²) in [6.45, 7) is 2.39. The fraction of sp³-hybridized carbons (Fsp3) is 0.231. The van der Waals surface area contributed by atoms with Crippen molar-refractivity contribution in [2.45, 2.75) is 17.6 Å². The lowest BCUT2D eigenvalue weighted by Crippen LogP contribution is -2.09. The minimum Gasteiger partial charge on any atom is -0.491 e. The normalized spacial score (nSPS) is 11.6. The SMILES string of the molecule is CCCOc1ccc(-c2ccc(S(N)(=O)=O)s2)cc1F. The van der Waals surface area contributed by atoms with Gasteiger partial charge in [0.25, 0.3) is 0 Å². The highest BCUT2D eigenvalue weighted by Gasteiger charge is 2.13. The molecule has 0 aliphatic carbocycles. The molecule has 4 nitrogen and oxygen atoms in total. The fourth-order valence-corrected chi connectivity index (χ4v) is 3.34. The van der Waals surface area contributed by atoms with Crippen LogP contribution in [0.15, 0.2) is 34.5 Å². The third-order valence-corrected chi connectivity index (χ3v) is 5.11. The van der Waals surface area contributed by atoms with Crippen LogP contribution in [0.2, 0.25) is 0 Å². The maximum atomic E-state index is 13.8. The Hall–Kier alpha value is -1.44. The number of rotatable bonds is 5. The van der Waals surface area contributed by atoms with E-state index in [2.05, 4.69) is 0 Å². The Bertz CT molecular complexity index is 710. The standard InChI is InChI=1S/C13H14FNO3S2/c1-2-7-18-11-4-3-9(8-10(11)14)12-5-6-13(19-12)20(15,16)17/h3-6,8H,2,7H2,1H3,(H2,15,16,17). The number of sulfonamides is 1. The summed E-state index contributed by atoms with van der Waals surface area (Å²) in [4.78, 5) is 0.634. The topological polar surface area (TPSA) is 69.4 Å². The molecule has 1 aromatic heterocycles. The van der Waals surface area contributed by atoms with Crippen LogP contribution in [-0.4, -0.2) is 15.0 Å². The van der Waals surface area contributed by atoms with Gasteiger partial charge < -0.3 is 4.74 Å². The van der Waals surface area contributed by atoms with E-state index in [1.165, 1.54) is 18.2 Å². The van der Waals surface area contributed by atoms with E-state index in [-0.39, 0.29) is 9.96 Å². The van der Waals surface area contributed by atoms with Crippen molar-refractivity contribution < 1.29 is 17.5 Å². The third-order valence-electron chi connectivity index (χ3n) is 2.54. The number of hydrogen-bond donors (Lipinski definition) is 1. The molecule has 1 aromatic carbocycles. The Morgan fingerprint density at radius 2 is 2.05 bits per heavy atom. The molecule has 2 aromatic rings. The second-order valence-corrected chi connectivity index (χ2v) is 7.03. The second kappa shape index (κ2) is 5.90. The average Bonchev–Trinajstić information content (AvgIpc) is 2.86. The summed E-state index contributed by atoms with van der Waals surface area (Å²) < 4.78 is 41.6. The van der Waals surface area contributed by atoms with Crippen molar-refractivity contribution in [2.75, 3.05) is 6.61 Å². The van der Waals surface area contributed by atoms with Crippen molar-refractivity contribution in [1.29, 1.82) is 0 Å². The van der Waals surface area contributed by atoms with Crippen LogP contribution >= 0.6 is 11.3 Å². The van der Waals surface area contributed by atoms with Crippen LogP contribution in [0.1, 0.15) is 13.3 Å². The number of hydrogen-bond acceptors (Lipinski definition) is 4. The van der Waals surface area contributed by atoms with Crippen LogP contribution in [0.3, 0.4) is 0 Å². The van der Waals surface area contributed by atoms with E-state index in [9.17, 15) is 12.8 Å². The van der Waals surface area contributed by atoms with Gasteiger partial charge in [0.1, 0.15) is 4.21 Å². The molecule has 0 radical (unpaired) electrons. The summed E-state index contributed by atoms with van der Waals surface area (Å²) in [5.41, 5.74) is 0.589. The Kier molecular flexibility index (Phi) is 4.42. The van der Waals surface area contributed by atoms with E-state index in [0.717, 1.165) is 17.8 Å². The Labute approximate surface area is 121 Å². The van der Waals surface area contributed by atoms with E-state index in [1.807, 2.05) is 6.92 Å². The zero-order valence-corrected chi connectivity index (χ0v) is 12.4. The second-order valence-electron chi connectivity index (χ2n) is 4.16. The highest BCUT2D eigenvalue weighted by Crippen LogP contribution is 2.32. The first-order valence-electron chi connectivity index (χ1n) is 5.97. The van der Waals surface area contributed by atoms with Crippen molar-refractivity contribution in [1.82, 2.24) is 0 Å². The zero-order chi connectivity index (χ0) is 14.8. The lowest BCUT2D eigenvalue weighted by atomic mass is 10.2. The zero-order valence-electron chi connectivity index (χ0n) is 10.8. The largest absolute Gasteiger partial charge is 0.491 e. The molecular weight excluding hydrogens is 301 g/mol. The van der Waals surface area contributed by atoms with Crippen molar-refractivity contribution in [3.63, 3.8) is 0 Å². The molecule has 2 N–H and O–H groups in total. The van der Waals surface area contributed by atoms with Gasteiger partial charge in [0, 0.05) is 4.88 Å². The molecule has 0 fully saturated rings. The molecule has 1 heterocycles. The molecule has 0 aliphatic heterocycles. The van der Waals surface area contributed by atoms with Gasteiger partial charge in [0.2, 0.25) is 10.0 Å². The molecule has 0 atom stereocenters. The number of nitrogens with two attached hydrogens (primary N) is 1. The highest BCUT2D eigenvalue weighted by molar-refractivity contribution is 7.91. The summed E-state index contributed by atoms with van der Waals surface area (Å²) in [6.07, 6.45) is 0.795. The molecule has 0 aliphatic rings. The molecule has 0 bridgehead atoms. The lowest BCUT2D eigenvalue weighted by Gasteiger charge is -2.06. The summed E-state index contributed by atoms with van der Waals surface area (Å²) in [5, 5.41) is 5.05. The van der Waals surface area contributed by atoms with Gasteiger partial charge in [-0.05, 0) is 42.3 Å². The van der Waals surface area contributed by atoms with E-state index in [4.69, 9.17) is 9.88 Å². The Balaban J connectivity index is 2.30. The summed E-state index contributed by atoms with van der Waals surface area (Å²) >= 11 is 1.00. The molecule has 108 valence electrons. The van der Waals surface area contributed by atoms with E-state index in [1.54, 1.807) is 12.1 Å². The molecule has 7 heteroatoms. The summed E-state index contributed by atoms with van der Waals surface area (Å²) in [6, 6.07) is 7.56. The van der Waals surface area contributed by atoms with Crippen molar-refractivity contribution in [3.8, 4) is 16.2 Å². The van der Waals surface area contributed by atoms with Crippen molar-refractivity contribution in [2.24, 2.45) is 5.14 Å². The summed E-state index contributed by atoms with van der Waals surface area (Å²) in [5.74, 6) is -0.277. The first kappa shape index (κ1) is 15.0. The Morgan fingerprint density at radius 1 is 1.30 bits per heavy atom. The molecule has 0 amide bonds. The maximum absolute atomic E-state index is 13.8. The van der Waals surface area contributed by atoms with Crippen molar-refractivity contribution in [3.05, 3.63) is 36.1 Å². The highest BCUT2D eigenvalue weighted by atomic mass is 32.2. The number of benzene rings is 1. The monoisotopic (exact) mass is 315 g/mol. The van der Waals surface area contributed by atoms with E-state index in [0.29, 0.717) is 17.0 Å². The van der Waals surface area contributed by atoms with Gasteiger partial charge in [-0.3, -0.25) is 0 Å². The molecule has 20 heavy (non-hydrogen) atoms. The molecule has 0 saturated heterocycles. The van der Waals surface area contributed by atoms with Crippen molar-refractivity contribution >= 4 is 21.4 Å². The van der Waals surface area contributed by atoms with E-state index < -0.39 is 15.8 Å². The van der Waals surface area contributed by atoms with Crippen LogP contribution in [0.4, 0.5) is 4.39 Å². The molecule has 0 spiro atoms.